The molecule has 0 fully saturated rings. The van der Waals surface area contributed by atoms with Gasteiger partial charge in [-0.05, 0) is 49.1 Å². The molecule has 26 heavy (non-hydrogen) atoms. The molecule has 0 heterocycles. The van der Waals surface area contributed by atoms with E-state index in [1.807, 2.05) is 30.3 Å². The molecular weight excluding hydrogens is 348 g/mol. The highest BCUT2D eigenvalue weighted by Crippen LogP contribution is 2.22. The Hall–Kier alpha value is -2.34. The fraction of sp³-hybridized carbons (Fsp3) is 0.350. The van der Waals surface area contributed by atoms with Crippen molar-refractivity contribution in [3.63, 3.8) is 0 Å². The Balaban J connectivity index is 2.11. The minimum absolute atomic E-state index is 0.00317. The van der Waals surface area contributed by atoms with Crippen LogP contribution in [0.3, 0.4) is 0 Å². The van der Waals surface area contributed by atoms with Gasteiger partial charge in [0.15, 0.2) is 0 Å². The van der Waals surface area contributed by atoms with E-state index in [-0.39, 0.29) is 17.7 Å². The Labute approximate surface area is 155 Å². The van der Waals surface area contributed by atoms with Crippen LogP contribution in [0.15, 0.2) is 54.6 Å². The van der Waals surface area contributed by atoms with Gasteiger partial charge < -0.3 is 5.32 Å². The van der Waals surface area contributed by atoms with Crippen LogP contribution < -0.4 is 10.0 Å². The average molecular weight is 375 g/mol. The first-order chi connectivity index (χ1) is 12.3. The number of benzene rings is 2. The van der Waals surface area contributed by atoms with E-state index in [1.54, 1.807) is 31.2 Å². The van der Waals surface area contributed by atoms with Gasteiger partial charge in [0.1, 0.15) is 0 Å². The van der Waals surface area contributed by atoms with Crippen molar-refractivity contribution in [2.24, 2.45) is 5.92 Å². The minimum atomic E-state index is -3.32. The highest BCUT2D eigenvalue weighted by atomic mass is 32.2. The molecular formula is C20H26N2O3S. The quantitative estimate of drug-likeness (QED) is 0.734. The molecule has 2 aromatic carbocycles. The van der Waals surface area contributed by atoms with E-state index < -0.39 is 10.0 Å². The lowest BCUT2D eigenvalue weighted by Gasteiger charge is -2.21. The van der Waals surface area contributed by atoms with Crippen LogP contribution in [-0.2, 0) is 10.0 Å². The summed E-state index contributed by atoms with van der Waals surface area (Å²) in [7, 11) is -3.32. The Morgan fingerprint density at radius 3 is 2.15 bits per heavy atom. The molecule has 140 valence electrons. The number of anilines is 1. The van der Waals surface area contributed by atoms with Gasteiger partial charge in [-0.2, -0.15) is 0 Å². The Morgan fingerprint density at radius 2 is 1.62 bits per heavy atom. The molecule has 2 rings (SSSR count). The van der Waals surface area contributed by atoms with E-state index >= 15 is 0 Å². The SMILES string of the molecule is CCS(=O)(=O)Nc1ccc(C(=O)N[C@@H](CC(C)C)c2ccccc2)cc1. The van der Waals surface area contributed by atoms with Crippen molar-refractivity contribution in [3.05, 3.63) is 65.7 Å². The topological polar surface area (TPSA) is 75.3 Å². The number of nitrogens with one attached hydrogen (secondary N) is 2. The molecule has 2 N–H and O–H groups in total. The molecule has 0 aliphatic rings. The molecule has 0 aliphatic heterocycles. The number of hydrogen-bond donors (Lipinski definition) is 2. The van der Waals surface area contributed by atoms with E-state index in [0.717, 1.165) is 12.0 Å². The Bertz CT molecular complexity index is 816. The van der Waals surface area contributed by atoms with Gasteiger partial charge in [0.05, 0.1) is 11.8 Å². The summed E-state index contributed by atoms with van der Waals surface area (Å²) in [6.45, 7) is 5.82. The molecule has 0 spiro atoms. The van der Waals surface area contributed by atoms with Crippen molar-refractivity contribution in [3.8, 4) is 0 Å². The van der Waals surface area contributed by atoms with E-state index in [1.165, 1.54) is 0 Å². The Kier molecular flexibility index (Phi) is 6.80. The second-order valence-corrected chi connectivity index (χ2v) is 8.66. The molecule has 2 aromatic rings. The van der Waals surface area contributed by atoms with Crippen molar-refractivity contribution in [1.82, 2.24) is 5.32 Å². The lowest BCUT2D eigenvalue weighted by molar-refractivity contribution is 0.0932. The van der Waals surface area contributed by atoms with Crippen LogP contribution in [0, 0.1) is 5.92 Å². The fourth-order valence-corrected chi connectivity index (χ4v) is 3.26. The molecule has 0 saturated heterocycles. The van der Waals surface area contributed by atoms with Crippen molar-refractivity contribution in [2.45, 2.75) is 33.2 Å². The normalized spacial score (nSPS) is 12.6. The zero-order chi connectivity index (χ0) is 19.2. The third kappa shape index (κ3) is 5.88. The number of hydrogen-bond acceptors (Lipinski definition) is 3. The van der Waals surface area contributed by atoms with Crippen molar-refractivity contribution >= 4 is 21.6 Å². The maximum Gasteiger partial charge on any atom is 0.251 e. The molecule has 0 radical (unpaired) electrons. The van der Waals surface area contributed by atoms with Gasteiger partial charge >= 0.3 is 0 Å². The summed E-state index contributed by atoms with van der Waals surface area (Å²) < 4.78 is 25.7. The summed E-state index contributed by atoms with van der Waals surface area (Å²) in [5, 5.41) is 3.08. The molecule has 0 unspecified atom stereocenters. The summed E-state index contributed by atoms with van der Waals surface area (Å²) in [4.78, 5) is 12.6. The average Bonchev–Trinajstić information content (AvgIpc) is 2.62. The molecule has 5 nitrogen and oxygen atoms in total. The predicted molar refractivity (Wildman–Crippen MR) is 106 cm³/mol. The first-order valence-corrected chi connectivity index (χ1v) is 10.4. The smallest absolute Gasteiger partial charge is 0.251 e. The lowest BCUT2D eigenvalue weighted by Crippen LogP contribution is -2.29. The zero-order valence-electron chi connectivity index (χ0n) is 15.4. The summed E-state index contributed by atoms with van der Waals surface area (Å²) in [5.74, 6) is 0.263. The van der Waals surface area contributed by atoms with Crippen LogP contribution in [-0.4, -0.2) is 20.1 Å². The van der Waals surface area contributed by atoms with Gasteiger partial charge in [0.2, 0.25) is 10.0 Å². The van der Waals surface area contributed by atoms with Crippen molar-refractivity contribution in [1.29, 1.82) is 0 Å². The lowest BCUT2D eigenvalue weighted by atomic mass is 9.96. The number of carbonyl (C=O) groups excluding carboxylic acids is 1. The van der Waals surface area contributed by atoms with Crippen LogP contribution in [0.5, 0.6) is 0 Å². The third-order valence-corrected chi connectivity index (χ3v) is 5.32. The van der Waals surface area contributed by atoms with Crippen LogP contribution in [0.4, 0.5) is 5.69 Å². The minimum Gasteiger partial charge on any atom is -0.345 e. The number of amides is 1. The summed E-state index contributed by atoms with van der Waals surface area (Å²) in [6.07, 6.45) is 0.837. The van der Waals surface area contributed by atoms with Crippen molar-refractivity contribution in [2.75, 3.05) is 10.5 Å². The standard InChI is InChI=1S/C20H26N2O3S/c1-4-26(24,25)22-18-12-10-17(11-13-18)20(23)21-19(14-15(2)3)16-8-6-5-7-9-16/h5-13,15,19,22H,4,14H2,1-3H3,(H,21,23)/t19-/m0/s1. The first kappa shape index (κ1) is 20.0. The molecule has 0 aliphatic carbocycles. The van der Waals surface area contributed by atoms with Gasteiger partial charge in [0.25, 0.3) is 5.91 Å². The molecule has 1 atom stereocenters. The van der Waals surface area contributed by atoms with Gasteiger partial charge in [0, 0.05) is 11.3 Å². The van der Waals surface area contributed by atoms with Crippen LogP contribution >= 0.6 is 0 Å². The van der Waals surface area contributed by atoms with Crippen LogP contribution in [0.2, 0.25) is 0 Å². The van der Waals surface area contributed by atoms with Gasteiger partial charge in [-0.3, -0.25) is 9.52 Å². The van der Waals surface area contributed by atoms with E-state index in [2.05, 4.69) is 23.9 Å². The number of rotatable bonds is 8. The summed E-state index contributed by atoms with van der Waals surface area (Å²) in [5.41, 5.74) is 2.01. The highest BCUT2D eigenvalue weighted by molar-refractivity contribution is 7.92. The molecule has 0 aromatic heterocycles. The zero-order valence-corrected chi connectivity index (χ0v) is 16.2. The highest BCUT2D eigenvalue weighted by Gasteiger charge is 2.17. The van der Waals surface area contributed by atoms with Gasteiger partial charge in [-0.15, -0.1) is 0 Å². The Morgan fingerprint density at radius 1 is 1.00 bits per heavy atom. The van der Waals surface area contributed by atoms with E-state index in [4.69, 9.17) is 0 Å². The first-order valence-electron chi connectivity index (χ1n) is 8.77. The largest absolute Gasteiger partial charge is 0.345 e. The number of carbonyl (C=O) groups is 1. The molecule has 0 saturated carbocycles. The van der Waals surface area contributed by atoms with Gasteiger partial charge in [-0.25, -0.2) is 8.42 Å². The van der Waals surface area contributed by atoms with E-state index in [0.29, 0.717) is 17.2 Å². The van der Waals surface area contributed by atoms with Crippen molar-refractivity contribution < 1.29 is 13.2 Å². The fourth-order valence-electron chi connectivity index (χ4n) is 2.62. The van der Waals surface area contributed by atoms with Gasteiger partial charge in [-0.1, -0.05) is 44.2 Å². The maximum atomic E-state index is 12.6. The van der Waals surface area contributed by atoms with E-state index in [9.17, 15) is 13.2 Å². The predicted octanol–water partition coefficient (Wildman–Crippen LogP) is 3.97. The maximum absolute atomic E-state index is 12.6. The molecule has 6 heteroatoms. The molecule has 1 amide bonds. The summed E-state index contributed by atoms with van der Waals surface area (Å²) in [6, 6.07) is 16.3. The summed E-state index contributed by atoms with van der Waals surface area (Å²) >= 11 is 0. The second-order valence-electron chi connectivity index (χ2n) is 6.65. The van der Waals surface area contributed by atoms with Crippen LogP contribution in [0.25, 0.3) is 0 Å². The molecule has 0 bridgehead atoms. The third-order valence-electron chi connectivity index (χ3n) is 4.01. The van der Waals surface area contributed by atoms with Crippen LogP contribution in [0.1, 0.15) is 49.2 Å². The second kappa shape index (κ2) is 8.85. The monoisotopic (exact) mass is 374 g/mol. The number of sulfonamides is 1.